The van der Waals surface area contributed by atoms with Crippen molar-refractivity contribution in [2.45, 2.75) is 13.5 Å². The number of rotatable bonds is 3. The molecule has 0 fully saturated rings. The molecule has 1 amide bonds. The van der Waals surface area contributed by atoms with Gasteiger partial charge in [-0.2, -0.15) is 0 Å². The first-order valence-corrected chi connectivity index (χ1v) is 5.78. The fourth-order valence-electron chi connectivity index (χ4n) is 1.75. The molecule has 0 aliphatic heterocycles. The van der Waals surface area contributed by atoms with Crippen LogP contribution in [0.1, 0.15) is 11.1 Å². The molecule has 1 N–H and O–H groups in total. The minimum atomic E-state index is -0.943. The number of amides is 1. The van der Waals surface area contributed by atoms with Crippen molar-refractivity contribution in [1.82, 2.24) is 0 Å². The van der Waals surface area contributed by atoms with Crippen molar-refractivity contribution >= 4 is 11.8 Å². The molecule has 0 aromatic heterocycles. The Labute approximate surface area is 106 Å². The lowest BCUT2D eigenvalue weighted by atomic mass is 10.1. The van der Waals surface area contributed by atoms with Gasteiger partial charge in [-0.15, -0.1) is 0 Å². The third-order valence-electron chi connectivity index (χ3n) is 2.76. The van der Waals surface area contributed by atoms with Gasteiger partial charge in [-0.3, -0.25) is 4.90 Å². The highest BCUT2D eigenvalue weighted by Crippen LogP contribution is 2.17. The van der Waals surface area contributed by atoms with Crippen molar-refractivity contribution in [3.05, 3.63) is 65.7 Å². The molecule has 92 valence electrons. The lowest BCUT2D eigenvalue weighted by Gasteiger charge is -2.19. The molecule has 0 aliphatic carbocycles. The summed E-state index contributed by atoms with van der Waals surface area (Å²) in [5, 5.41) is 9.27. The molecule has 18 heavy (non-hydrogen) atoms. The summed E-state index contributed by atoms with van der Waals surface area (Å²) in [6, 6.07) is 17.0. The zero-order chi connectivity index (χ0) is 13.0. The van der Waals surface area contributed by atoms with Crippen LogP contribution in [-0.4, -0.2) is 11.2 Å². The standard InChI is InChI=1S/C15H15NO2/c1-12-7-9-13(10-8-12)11-16(15(17)18)14-5-3-2-4-6-14/h2-10H,11H2,1H3,(H,17,18). The number of nitrogens with zero attached hydrogens (tertiary/aromatic N) is 1. The van der Waals surface area contributed by atoms with Gasteiger partial charge >= 0.3 is 6.09 Å². The predicted molar refractivity (Wildman–Crippen MR) is 71.8 cm³/mol. The van der Waals surface area contributed by atoms with Crippen LogP contribution in [0.15, 0.2) is 54.6 Å². The lowest BCUT2D eigenvalue weighted by Crippen LogP contribution is -2.28. The molecule has 3 heteroatoms. The number of carboxylic acid groups (broad SMARTS) is 1. The number of para-hydroxylation sites is 1. The first kappa shape index (κ1) is 12.2. The normalized spacial score (nSPS) is 10.1. The van der Waals surface area contributed by atoms with Crippen LogP contribution in [-0.2, 0) is 6.54 Å². The molecule has 2 rings (SSSR count). The summed E-state index contributed by atoms with van der Waals surface area (Å²) in [5.74, 6) is 0. The highest BCUT2D eigenvalue weighted by Gasteiger charge is 2.14. The second-order valence-corrected chi connectivity index (χ2v) is 4.19. The van der Waals surface area contributed by atoms with E-state index in [2.05, 4.69) is 0 Å². The SMILES string of the molecule is Cc1ccc(CN(C(=O)O)c2ccccc2)cc1. The van der Waals surface area contributed by atoms with Crippen LogP contribution >= 0.6 is 0 Å². The van der Waals surface area contributed by atoms with Crippen LogP contribution in [0.4, 0.5) is 10.5 Å². The monoisotopic (exact) mass is 241 g/mol. The summed E-state index contributed by atoms with van der Waals surface area (Å²) >= 11 is 0. The summed E-state index contributed by atoms with van der Waals surface area (Å²) < 4.78 is 0. The van der Waals surface area contributed by atoms with Gasteiger partial charge in [0.15, 0.2) is 0 Å². The van der Waals surface area contributed by atoms with Crippen molar-refractivity contribution in [2.24, 2.45) is 0 Å². The van der Waals surface area contributed by atoms with E-state index in [4.69, 9.17) is 0 Å². The van der Waals surface area contributed by atoms with E-state index in [1.165, 1.54) is 10.5 Å². The Morgan fingerprint density at radius 1 is 1.06 bits per heavy atom. The van der Waals surface area contributed by atoms with Crippen LogP contribution in [0.5, 0.6) is 0 Å². The average molecular weight is 241 g/mol. The molecule has 0 heterocycles. The second-order valence-electron chi connectivity index (χ2n) is 4.19. The minimum absolute atomic E-state index is 0.361. The van der Waals surface area contributed by atoms with Crippen molar-refractivity contribution in [1.29, 1.82) is 0 Å². The van der Waals surface area contributed by atoms with Crippen molar-refractivity contribution in [3.8, 4) is 0 Å². The summed E-state index contributed by atoms with van der Waals surface area (Å²) in [6.45, 7) is 2.37. The fourth-order valence-corrected chi connectivity index (χ4v) is 1.75. The largest absolute Gasteiger partial charge is 0.465 e. The summed E-state index contributed by atoms with van der Waals surface area (Å²) in [4.78, 5) is 12.6. The molecule has 0 aliphatic rings. The molecule has 2 aromatic rings. The van der Waals surface area contributed by atoms with Crippen LogP contribution in [0.25, 0.3) is 0 Å². The molecular formula is C15H15NO2. The Hall–Kier alpha value is -2.29. The molecule has 2 aromatic carbocycles. The number of hydrogen-bond donors (Lipinski definition) is 1. The fraction of sp³-hybridized carbons (Fsp3) is 0.133. The summed E-state index contributed by atoms with van der Waals surface area (Å²) in [5.41, 5.74) is 2.83. The van der Waals surface area contributed by atoms with E-state index in [1.807, 2.05) is 49.4 Å². The van der Waals surface area contributed by atoms with E-state index in [9.17, 15) is 9.90 Å². The Bertz CT molecular complexity index is 520. The average Bonchev–Trinajstić information content (AvgIpc) is 2.38. The first-order valence-electron chi connectivity index (χ1n) is 5.78. The van der Waals surface area contributed by atoms with Crippen LogP contribution < -0.4 is 4.90 Å². The van der Waals surface area contributed by atoms with Gasteiger partial charge in [0.05, 0.1) is 6.54 Å². The zero-order valence-corrected chi connectivity index (χ0v) is 10.2. The summed E-state index contributed by atoms with van der Waals surface area (Å²) in [6.07, 6.45) is -0.943. The maximum Gasteiger partial charge on any atom is 0.412 e. The van der Waals surface area contributed by atoms with Gasteiger partial charge in [0.2, 0.25) is 0 Å². The van der Waals surface area contributed by atoms with E-state index in [0.717, 1.165) is 5.56 Å². The third-order valence-corrected chi connectivity index (χ3v) is 2.76. The number of benzene rings is 2. The van der Waals surface area contributed by atoms with E-state index < -0.39 is 6.09 Å². The van der Waals surface area contributed by atoms with Gasteiger partial charge in [0.1, 0.15) is 0 Å². The Morgan fingerprint density at radius 3 is 2.22 bits per heavy atom. The van der Waals surface area contributed by atoms with Crippen LogP contribution in [0.3, 0.4) is 0 Å². The highest BCUT2D eigenvalue weighted by molar-refractivity contribution is 5.85. The molecule has 0 spiro atoms. The molecule has 0 saturated carbocycles. The van der Waals surface area contributed by atoms with Gasteiger partial charge in [0, 0.05) is 5.69 Å². The van der Waals surface area contributed by atoms with Gasteiger partial charge < -0.3 is 5.11 Å². The molecule has 0 atom stereocenters. The Morgan fingerprint density at radius 2 is 1.67 bits per heavy atom. The van der Waals surface area contributed by atoms with Gasteiger partial charge in [-0.25, -0.2) is 4.79 Å². The molecule has 3 nitrogen and oxygen atoms in total. The maximum absolute atomic E-state index is 11.3. The van der Waals surface area contributed by atoms with E-state index >= 15 is 0 Å². The lowest BCUT2D eigenvalue weighted by molar-refractivity contribution is 0.201. The Balaban J connectivity index is 2.22. The predicted octanol–water partition coefficient (Wildman–Crippen LogP) is 3.68. The quantitative estimate of drug-likeness (QED) is 0.890. The van der Waals surface area contributed by atoms with Crippen molar-refractivity contribution in [2.75, 3.05) is 4.90 Å². The van der Waals surface area contributed by atoms with Gasteiger partial charge in [0.25, 0.3) is 0 Å². The topological polar surface area (TPSA) is 40.5 Å². The zero-order valence-electron chi connectivity index (χ0n) is 10.2. The number of carbonyl (C=O) groups is 1. The molecule has 0 unspecified atom stereocenters. The van der Waals surface area contributed by atoms with Crippen LogP contribution in [0, 0.1) is 6.92 Å². The van der Waals surface area contributed by atoms with Gasteiger partial charge in [-0.05, 0) is 24.6 Å². The van der Waals surface area contributed by atoms with Gasteiger partial charge in [-0.1, -0.05) is 48.0 Å². The third kappa shape index (κ3) is 2.88. The Kier molecular flexibility index (Phi) is 3.63. The van der Waals surface area contributed by atoms with E-state index in [-0.39, 0.29) is 0 Å². The second kappa shape index (κ2) is 5.36. The molecule has 0 bridgehead atoms. The molecule has 0 saturated heterocycles. The number of aryl methyl sites for hydroxylation is 1. The van der Waals surface area contributed by atoms with Crippen LogP contribution in [0.2, 0.25) is 0 Å². The van der Waals surface area contributed by atoms with E-state index in [0.29, 0.717) is 12.2 Å². The minimum Gasteiger partial charge on any atom is -0.465 e. The molecule has 0 radical (unpaired) electrons. The summed E-state index contributed by atoms with van der Waals surface area (Å²) in [7, 11) is 0. The van der Waals surface area contributed by atoms with E-state index in [1.54, 1.807) is 12.1 Å². The number of hydrogen-bond acceptors (Lipinski definition) is 1. The first-order chi connectivity index (χ1) is 8.66. The highest BCUT2D eigenvalue weighted by atomic mass is 16.4. The van der Waals surface area contributed by atoms with Crippen molar-refractivity contribution < 1.29 is 9.90 Å². The number of anilines is 1. The maximum atomic E-state index is 11.3. The van der Waals surface area contributed by atoms with Crippen molar-refractivity contribution in [3.63, 3.8) is 0 Å². The smallest absolute Gasteiger partial charge is 0.412 e. The molecular weight excluding hydrogens is 226 g/mol.